The molecule has 0 saturated heterocycles. The fourth-order valence-electron chi connectivity index (χ4n) is 1.42. The molecule has 98 valence electrons. The van der Waals surface area contributed by atoms with Gasteiger partial charge in [-0.05, 0) is 19.1 Å². The molecule has 0 aliphatic rings. The number of carbonyl (C=O) groups excluding carboxylic acids is 1. The van der Waals surface area contributed by atoms with Crippen molar-refractivity contribution in [3.63, 3.8) is 0 Å². The molecule has 6 heteroatoms. The van der Waals surface area contributed by atoms with E-state index in [9.17, 15) is 4.79 Å². The van der Waals surface area contributed by atoms with E-state index < -0.39 is 0 Å². The number of hydrogen-bond acceptors (Lipinski definition) is 5. The Bertz CT molecular complexity index is 528. The Morgan fingerprint density at radius 3 is 2.68 bits per heavy atom. The van der Waals surface area contributed by atoms with Gasteiger partial charge in [-0.3, -0.25) is 9.78 Å². The van der Waals surface area contributed by atoms with Crippen LogP contribution in [0, 0.1) is 0 Å². The van der Waals surface area contributed by atoms with Crippen LogP contribution in [-0.2, 0) is 4.79 Å². The summed E-state index contributed by atoms with van der Waals surface area (Å²) in [7, 11) is 0. The first-order valence-corrected chi connectivity index (χ1v) is 5.92. The Morgan fingerprint density at radius 1 is 1.26 bits per heavy atom. The van der Waals surface area contributed by atoms with Crippen LogP contribution < -0.4 is 10.1 Å². The van der Waals surface area contributed by atoms with Crippen LogP contribution in [0.5, 0.6) is 5.75 Å². The number of rotatable bonds is 5. The van der Waals surface area contributed by atoms with Crippen molar-refractivity contribution in [2.24, 2.45) is 0 Å². The van der Waals surface area contributed by atoms with Gasteiger partial charge < -0.3 is 10.1 Å². The molecule has 0 fully saturated rings. The second-order valence-electron chi connectivity index (χ2n) is 3.70. The molecular weight excluding hydrogens is 244 g/mol. The highest BCUT2D eigenvalue weighted by molar-refractivity contribution is 5.77. The Kier molecular flexibility index (Phi) is 4.39. The number of likely N-dealkylation sites (N-methyl/N-ethyl adjacent to an activating group) is 1. The first kappa shape index (κ1) is 12.9. The number of aromatic nitrogens is 3. The van der Waals surface area contributed by atoms with Gasteiger partial charge in [0.25, 0.3) is 5.91 Å². The SMILES string of the molecule is CCNC(=O)COc1cnc(-c2ccccn2)nc1. The third-order valence-electron chi connectivity index (χ3n) is 2.27. The molecule has 19 heavy (non-hydrogen) atoms. The van der Waals surface area contributed by atoms with Gasteiger partial charge >= 0.3 is 0 Å². The molecule has 0 radical (unpaired) electrons. The number of carbonyl (C=O) groups is 1. The Labute approximate surface area is 110 Å². The fraction of sp³-hybridized carbons (Fsp3) is 0.231. The summed E-state index contributed by atoms with van der Waals surface area (Å²) < 4.78 is 5.25. The van der Waals surface area contributed by atoms with E-state index in [1.165, 1.54) is 12.4 Å². The lowest BCUT2D eigenvalue weighted by molar-refractivity contribution is -0.122. The minimum Gasteiger partial charge on any atom is -0.481 e. The van der Waals surface area contributed by atoms with Crippen LogP contribution in [0.1, 0.15) is 6.92 Å². The average Bonchev–Trinajstić information content (AvgIpc) is 2.47. The van der Waals surface area contributed by atoms with Crippen LogP contribution >= 0.6 is 0 Å². The molecule has 1 amide bonds. The maximum Gasteiger partial charge on any atom is 0.257 e. The number of nitrogens with zero attached hydrogens (tertiary/aromatic N) is 3. The van der Waals surface area contributed by atoms with Crippen LogP contribution in [0.15, 0.2) is 36.8 Å². The highest BCUT2D eigenvalue weighted by atomic mass is 16.5. The smallest absolute Gasteiger partial charge is 0.257 e. The maximum absolute atomic E-state index is 11.2. The lowest BCUT2D eigenvalue weighted by atomic mass is 10.3. The van der Waals surface area contributed by atoms with Gasteiger partial charge in [-0.1, -0.05) is 6.07 Å². The van der Waals surface area contributed by atoms with Gasteiger partial charge in [-0.15, -0.1) is 0 Å². The molecule has 0 unspecified atom stereocenters. The second kappa shape index (κ2) is 6.44. The van der Waals surface area contributed by atoms with Crippen molar-refractivity contribution in [1.82, 2.24) is 20.3 Å². The molecule has 6 nitrogen and oxygen atoms in total. The van der Waals surface area contributed by atoms with Crippen molar-refractivity contribution in [3.8, 4) is 17.3 Å². The molecule has 1 N–H and O–H groups in total. The highest BCUT2D eigenvalue weighted by Crippen LogP contribution is 2.13. The van der Waals surface area contributed by atoms with Crippen molar-refractivity contribution in [3.05, 3.63) is 36.8 Å². The summed E-state index contributed by atoms with van der Waals surface area (Å²) in [5.41, 5.74) is 0.692. The monoisotopic (exact) mass is 258 g/mol. The summed E-state index contributed by atoms with van der Waals surface area (Å²) >= 11 is 0. The molecule has 2 aromatic rings. The van der Waals surface area contributed by atoms with Crippen molar-refractivity contribution >= 4 is 5.91 Å². The number of amides is 1. The first-order valence-electron chi connectivity index (χ1n) is 5.92. The van der Waals surface area contributed by atoms with Gasteiger partial charge in [-0.25, -0.2) is 9.97 Å². The van der Waals surface area contributed by atoms with E-state index in [0.717, 1.165) is 0 Å². The lowest BCUT2D eigenvalue weighted by Crippen LogP contribution is -2.28. The van der Waals surface area contributed by atoms with E-state index in [-0.39, 0.29) is 12.5 Å². The molecule has 0 aliphatic heterocycles. The van der Waals surface area contributed by atoms with E-state index in [0.29, 0.717) is 23.8 Å². The number of nitrogens with one attached hydrogen (secondary N) is 1. The fourth-order valence-corrected chi connectivity index (χ4v) is 1.42. The maximum atomic E-state index is 11.2. The molecule has 2 rings (SSSR count). The van der Waals surface area contributed by atoms with E-state index in [2.05, 4.69) is 20.3 Å². The van der Waals surface area contributed by atoms with Gasteiger partial charge in [0.2, 0.25) is 0 Å². The topological polar surface area (TPSA) is 77.0 Å². The van der Waals surface area contributed by atoms with Crippen LogP contribution in [0.4, 0.5) is 0 Å². The zero-order chi connectivity index (χ0) is 13.5. The van der Waals surface area contributed by atoms with Gasteiger partial charge in [0, 0.05) is 12.7 Å². The minimum absolute atomic E-state index is 0.0415. The van der Waals surface area contributed by atoms with Crippen LogP contribution in [-0.4, -0.2) is 34.0 Å². The van der Waals surface area contributed by atoms with Gasteiger partial charge in [0.05, 0.1) is 12.4 Å². The normalized spacial score (nSPS) is 9.95. The molecule has 0 bridgehead atoms. The molecule has 0 atom stereocenters. The summed E-state index contributed by atoms with van der Waals surface area (Å²) in [5, 5.41) is 2.64. The largest absolute Gasteiger partial charge is 0.481 e. The quantitative estimate of drug-likeness (QED) is 0.867. The number of pyridine rings is 1. The van der Waals surface area contributed by atoms with Crippen LogP contribution in [0.3, 0.4) is 0 Å². The summed E-state index contributed by atoms with van der Waals surface area (Å²) in [4.78, 5) is 23.7. The van der Waals surface area contributed by atoms with Crippen molar-refractivity contribution in [2.45, 2.75) is 6.92 Å². The molecular formula is C13H14N4O2. The molecule has 0 spiro atoms. The predicted octanol–water partition coefficient (Wildman–Crippen LogP) is 1.05. The molecule has 0 aromatic carbocycles. The van der Waals surface area contributed by atoms with Crippen LogP contribution in [0.2, 0.25) is 0 Å². The zero-order valence-corrected chi connectivity index (χ0v) is 10.5. The predicted molar refractivity (Wildman–Crippen MR) is 69.4 cm³/mol. The summed E-state index contributed by atoms with van der Waals surface area (Å²) in [5.74, 6) is 0.799. The number of hydrogen-bond donors (Lipinski definition) is 1. The minimum atomic E-state index is -0.170. The standard InChI is InChI=1S/C13H14N4O2/c1-2-14-12(18)9-19-10-7-16-13(17-8-10)11-5-3-4-6-15-11/h3-8H,2,9H2,1H3,(H,14,18). The Balaban J connectivity index is 1.97. The Hall–Kier alpha value is -2.50. The molecule has 0 aliphatic carbocycles. The summed E-state index contributed by atoms with van der Waals surface area (Å²) in [6, 6.07) is 5.52. The second-order valence-corrected chi connectivity index (χ2v) is 3.70. The van der Waals surface area contributed by atoms with E-state index >= 15 is 0 Å². The van der Waals surface area contributed by atoms with Gasteiger partial charge in [-0.2, -0.15) is 0 Å². The van der Waals surface area contributed by atoms with Crippen molar-refractivity contribution < 1.29 is 9.53 Å². The average molecular weight is 258 g/mol. The van der Waals surface area contributed by atoms with E-state index in [1.807, 2.05) is 25.1 Å². The first-order chi connectivity index (χ1) is 9.29. The molecule has 2 aromatic heterocycles. The summed E-state index contributed by atoms with van der Waals surface area (Å²) in [6.07, 6.45) is 4.73. The number of ether oxygens (including phenoxy) is 1. The highest BCUT2D eigenvalue weighted by Gasteiger charge is 2.04. The van der Waals surface area contributed by atoms with Crippen molar-refractivity contribution in [1.29, 1.82) is 0 Å². The van der Waals surface area contributed by atoms with Gasteiger partial charge in [0.15, 0.2) is 18.2 Å². The van der Waals surface area contributed by atoms with E-state index in [1.54, 1.807) is 6.20 Å². The molecule has 2 heterocycles. The Morgan fingerprint density at radius 2 is 2.05 bits per heavy atom. The molecule has 0 saturated carbocycles. The third-order valence-corrected chi connectivity index (χ3v) is 2.27. The van der Waals surface area contributed by atoms with Gasteiger partial charge in [0.1, 0.15) is 5.69 Å². The van der Waals surface area contributed by atoms with Crippen LogP contribution in [0.25, 0.3) is 11.5 Å². The van der Waals surface area contributed by atoms with E-state index in [4.69, 9.17) is 4.74 Å². The van der Waals surface area contributed by atoms with Crippen molar-refractivity contribution in [2.75, 3.05) is 13.2 Å². The zero-order valence-electron chi connectivity index (χ0n) is 10.5. The third kappa shape index (κ3) is 3.74. The summed E-state index contributed by atoms with van der Waals surface area (Å²) in [6.45, 7) is 2.39. The lowest BCUT2D eigenvalue weighted by Gasteiger charge is -2.05.